The van der Waals surface area contributed by atoms with Crippen molar-refractivity contribution < 1.29 is 13.2 Å². The smallest absolute Gasteiger partial charge is 0.219 e. The van der Waals surface area contributed by atoms with E-state index in [1.165, 1.54) is 0 Å². The molecule has 0 radical (unpaired) electrons. The van der Waals surface area contributed by atoms with Crippen LogP contribution in [0.1, 0.15) is 65.8 Å². The van der Waals surface area contributed by atoms with Crippen molar-refractivity contribution in [3.05, 3.63) is 59.9 Å². The lowest BCUT2D eigenvalue weighted by Crippen LogP contribution is -2.38. The van der Waals surface area contributed by atoms with E-state index in [1.807, 2.05) is 41.3 Å². The van der Waals surface area contributed by atoms with E-state index < -0.39 is 14.6 Å². The Bertz CT molecular complexity index is 1330. The molecule has 35 heavy (non-hydrogen) atoms. The highest BCUT2D eigenvalue weighted by molar-refractivity contribution is 7.92. The van der Waals surface area contributed by atoms with Crippen LogP contribution in [0.2, 0.25) is 0 Å². The van der Waals surface area contributed by atoms with E-state index >= 15 is 0 Å². The van der Waals surface area contributed by atoms with Gasteiger partial charge in [0.1, 0.15) is 5.82 Å². The van der Waals surface area contributed by atoms with Crippen LogP contribution in [-0.2, 0) is 31.3 Å². The lowest BCUT2D eigenvalue weighted by atomic mass is 9.93. The molecule has 0 atom stereocenters. The Morgan fingerprint density at radius 2 is 1.63 bits per heavy atom. The number of likely N-dealkylation sites (tertiary alicyclic amines) is 1. The minimum absolute atomic E-state index is 0.138. The Labute approximate surface area is 209 Å². The number of hydrogen-bond acceptors (Lipinski definition) is 4. The number of rotatable bonds is 5. The Balaban J connectivity index is 1.72. The van der Waals surface area contributed by atoms with Gasteiger partial charge in [0.25, 0.3) is 0 Å². The monoisotopic (exact) mass is 495 g/mol. The first kappa shape index (κ1) is 25.4. The second kappa shape index (κ2) is 9.08. The summed E-state index contributed by atoms with van der Waals surface area (Å²) in [6.07, 6.45) is 1.92. The average molecular weight is 496 g/mol. The molecule has 6 nitrogen and oxygen atoms in total. The van der Waals surface area contributed by atoms with Gasteiger partial charge in [-0.3, -0.25) is 4.79 Å². The van der Waals surface area contributed by atoms with Crippen LogP contribution in [0.15, 0.2) is 53.4 Å². The maximum absolute atomic E-state index is 13.7. The summed E-state index contributed by atoms with van der Waals surface area (Å²) in [5, 5.41) is 0. The highest BCUT2D eigenvalue weighted by Crippen LogP contribution is 2.37. The summed E-state index contributed by atoms with van der Waals surface area (Å²) in [4.78, 5) is 18.9. The lowest BCUT2D eigenvalue weighted by molar-refractivity contribution is -0.130. The fourth-order valence-electron chi connectivity index (χ4n) is 5.01. The van der Waals surface area contributed by atoms with Crippen molar-refractivity contribution in [2.75, 3.05) is 13.1 Å². The molecule has 1 aromatic heterocycles. The third kappa shape index (κ3) is 4.75. The molecule has 0 saturated carbocycles. The van der Waals surface area contributed by atoms with E-state index in [1.54, 1.807) is 32.9 Å². The van der Waals surface area contributed by atoms with Crippen LogP contribution < -0.4 is 0 Å². The van der Waals surface area contributed by atoms with Gasteiger partial charge >= 0.3 is 0 Å². The molecule has 1 saturated heterocycles. The van der Waals surface area contributed by atoms with Crippen LogP contribution in [0.3, 0.4) is 0 Å². The topological polar surface area (TPSA) is 72.3 Å². The van der Waals surface area contributed by atoms with Crippen LogP contribution in [0.25, 0.3) is 11.0 Å². The van der Waals surface area contributed by atoms with Gasteiger partial charge in [0.2, 0.25) is 5.91 Å². The maximum Gasteiger partial charge on any atom is 0.219 e. The summed E-state index contributed by atoms with van der Waals surface area (Å²) >= 11 is 0. The first-order chi connectivity index (χ1) is 16.3. The van der Waals surface area contributed by atoms with Gasteiger partial charge in [-0.2, -0.15) is 0 Å². The molecular weight excluding hydrogens is 458 g/mol. The summed E-state index contributed by atoms with van der Waals surface area (Å²) < 4.78 is 28.6. The third-order valence-electron chi connectivity index (χ3n) is 7.34. The number of piperidine rings is 1. The van der Waals surface area contributed by atoms with Crippen LogP contribution in [0.4, 0.5) is 0 Å². The maximum atomic E-state index is 13.7. The number of aromatic nitrogens is 2. The minimum atomic E-state index is -3.65. The third-order valence-corrected chi connectivity index (χ3v) is 9.80. The molecule has 0 spiro atoms. The minimum Gasteiger partial charge on any atom is -0.343 e. The molecule has 3 aromatic rings. The molecule has 0 aliphatic carbocycles. The number of nitrogens with zero attached hydrogens (tertiary/aromatic N) is 3. The predicted molar refractivity (Wildman–Crippen MR) is 140 cm³/mol. The molecule has 1 aliphatic rings. The van der Waals surface area contributed by atoms with Crippen molar-refractivity contribution in [1.29, 1.82) is 0 Å². The quantitative estimate of drug-likeness (QED) is 0.481. The SMILES string of the molecule is CC(=O)N1CCC(Cn2c(C(C)(C)C)nc3cc(S(=O)(=O)C(C)(C)c4ccccc4)ccc32)CC1. The Hall–Kier alpha value is -2.67. The number of carbonyl (C=O) groups is 1. The first-order valence-corrected chi connectivity index (χ1v) is 13.9. The van der Waals surface area contributed by atoms with E-state index in [9.17, 15) is 13.2 Å². The molecule has 7 heteroatoms. The van der Waals surface area contributed by atoms with Crippen molar-refractivity contribution in [2.24, 2.45) is 5.92 Å². The molecule has 188 valence electrons. The number of hydrogen-bond donors (Lipinski definition) is 0. The number of fused-ring (bicyclic) bond motifs is 1. The molecular formula is C28H37N3O3S. The van der Waals surface area contributed by atoms with Gasteiger partial charge in [-0.1, -0.05) is 51.1 Å². The Morgan fingerprint density at radius 3 is 2.20 bits per heavy atom. The standard InChI is InChI=1S/C28H37N3O3S/c1-20(32)30-16-14-21(15-17-30)19-31-25-13-12-23(18-24(25)29-26(31)27(2,3)4)35(33,34)28(5,6)22-10-8-7-9-11-22/h7-13,18,21H,14-17,19H2,1-6H3. The number of sulfone groups is 1. The molecule has 1 amide bonds. The van der Waals surface area contributed by atoms with E-state index in [4.69, 9.17) is 4.98 Å². The molecule has 1 aliphatic heterocycles. The summed E-state index contributed by atoms with van der Waals surface area (Å²) in [5.74, 6) is 1.54. The fraction of sp³-hybridized carbons (Fsp3) is 0.500. The predicted octanol–water partition coefficient (Wildman–Crippen LogP) is 5.30. The summed E-state index contributed by atoms with van der Waals surface area (Å²) in [6.45, 7) is 14.0. The van der Waals surface area contributed by atoms with Crippen molar-refractivity contribution in [3.8, 4) is 0 Å². The summed E-state index contributed by atoms with van der Waals surface area (Å²) in [7, 11) is -3.65. The van der Waals surface area contributed by atoms with E-state index in [-0.39, 0.29) is 11.3 Å². The Kier molecular flexibility index (Phi) is 6.60. The van der Waals surface area contributed by atoms with E-state index in [2.05, 4.69) is 25.3 Å². The molecule has 0 N–H and O–H groups in total. The number of amides is 1. The molecule has 2 aromatic carbocycles. The normalized spacial score (nSPS) is 16.1. The fourth-order valence-corrected chi connectivity index (χ4v) is 6.56. The highest BCUT2D eigenvalue weighted by Gasteiger charge is 2.38. The summed E-state index contributed by atoms with van der Waals surface area (Å²) in [6, 6.07) is 14.7. The molecule has 2 heterocycles. The molecule has 0 bridgehead atoms. The number of carbonyl (C=O) groups excluding carboxylic acids is 1. The molecule has 0 unspecified atom stereocenters. The highest BCUT2D eigenvalue weighted by atomic mass is 32.2. The van der Waals surface area contributed by atoms with Gasteiger partial charge in [-0.05, 0) is 56.4 Å². The zero-order chi connectivity index (χ0) is 25.6. The van der Waals surface area contributed by atoms with Gasteiger partial charge < -0.3 is 9.47 Å². The van der Waals surface area contributed by atoms with Gasteiger partial charge in [0.05, 0.1) is 20.7 Å². The van der Waals surface area contributed by atoms with Crippen molar-refractivity contribution >= 4 is 26.8 Å². The van der Waals surface area contributed by atoms with Crippen LogP contribution >= 0.6 is 0 Å². The largest absolute Gasteiger partial charge is 0.343 e. The zero-order valence-electron chi connectivity index (χ0n) is 21.7. The van der Waals surface area contributed by atoms with Crippen molar-refractivity contribution in [2.45, 2.75) is 76.0 Å². The Morgan fingerprint density at radius 1 is 1.00 bits per heavy atom. The number of benzene rings is 2. The van der Waals surface area contributed by atoms with Crippen molar-refractivity contribution in [3.63, 3.8) is 0 Å². The van der Waals surface area contributed by atoms with Crippen molar-refractivity contribution in [1.82, 2.24) is 14.5 Å². The lowest BCUT2D eigenvalue weighted by Gasteiger charge is -2.32. The second-order valence-corrected chi connectivity index (χ2v) is 13.8. The molecule has 4 rings (SSSR count). The van der Waals surface area contributed by atoms with E-state index in [0.29, 0.717) is 16.3 Å². The van der Waals surface area contributed by atoms with Gasteiger partial charge in [-0.25, -0.2) is 13.4 Å². The number of imidazole rings is 1. The van der Waals surface area contributed by atoms with Gasteiger partial charge in [0, 0.05) is 32.0 Å². The van der Waals surface area contributed by atoms with Crippen LogP contribution in [0.5, 0.6) is 0 Å². The van der Waals surface area contributed by atoms with E-state index in [0.717, 1.165) is 49.4 Å². The van der Waals surface area contributed by atoms with Crippen LogP contribution in [-0.4, -0.2) is 41.9 Å². The second-order valence-electron chi connectivity index (χ2n) is 11.3. The van der Waals surface area contributed by atoms with Gasteiger partial charge in [0.15, 0.2) is 9.84 Å². The van der Waals surface area contributed by atoms with Gasteiger partial charge in [-0.15, -0.1) is 0 Å². The first-order valence-electron chi connectivity index (χ1n) is 12.4. The molecule has 1 fully saturated rings. The average Bonchev–Trinajstić information content (AvgIpc) is 3.18. The van der Waals surface area contributed by atoms with Crippen LogP contribution in [0, 0.1) is 5.92 Å². The summed E-state index contributed by atoms with van der Waals surface area (Å²) in [5.41, 5.74) is 2.24. The zero-order valence-corrected chi connectivity index (χ0v) is 22.5.